The molecule has 0 spiro atoms. The third-order valence-corrected chi connectivity index (χ3v) is 5.40. The molecule has 0 radical (unpaired) electrons. The Morgan fingerprint density at radius 2 is 1.72 bits per heavy atom. The summed E-state index contributed by atoms with van der Waals surface area (Å²) in [7, 11) is 1.88. The van der Waals surface area contributed by atoms with Crippen LogP contribution in [0.5, 0.6) is 0 Å². The fraction of sp³-hybridized carbons (Fsp3) is 0.174. The lowest BCUT2D eigenvalue weighted by atomic mass is 9.99. The minimum atomic E-state index is -0.352. The molecule has 0 bridgehead atoms. The van der Waals surface area contributed by atoms with Gasteiger partial charge in [-0.2, -0.15) is 0 Å². The van der Waals surface area contributed by atoms with E-state index in [-0.39, 0.29) is 18.2 Å². The molecule has 0 aliphatic rings. The zero-order valence-electron chi connectivity index (χ0n) is 18.0. The Morgan fingerprint density at radius 3 is 2.38 bits per heavy atom. The Kier molecular flexibility index (Phi) is 4.58. The molecular formula is C23H22N8O. The van der Waals surface area contributed by atoms with Gasteiger partial charge in [0.05, 0.1) is 36.0 Å². The number of nitrogens with two attached hydrogens (primary N) is 1. The van der Waals surface area contributed by atoms with Crippen LogP contribution in [0.2, 0.25) is 0 Å². The van der Waals surface area contributed by atoms with Crippen molar-refractivity contribution in [3.05, 3.63) is 82.6 Å². The van der Waals surface area contributed by atoms with Crippen molar-refractivity contribution in [1.29, 1.82) is 0 Å². The van der Waals surface area contributed by atoms with Gasteiger partial charge in [0.15, 0.2) is 5.65 Å². The maximum Gasteiger partial charge on any atom is 0.353 e. The fourth-order valence-corrected chi connectivity index (χ4v) is 3.95. The number of aromatic nitrogens is 7. The Labute approximate surface area is 183 Å². The van der Waals surface area contributed by atoms with Gasteiger partial charge in [-0.3, -0.25) is 4.98 Å². The molecule has 160 valence electrons. The van der Waals surface area contributed by atoms with Crippen LogP contribution in [0, 0.1) is 13.8 Å². The van der Waals surface area contributed by atoms with E-state index < -0.39 is 0 Å². The minimum absolute atomic E-state index is 0.0892. The molecule has 9 heteroatoms. The van der Waals surface area contributed by atoms with E-state index in [0.29, 0.717) is 11.3 Å². The predicted molar refractivity (Wildman–Crippen MR) is 122 cm³/mol. The van der Waals surface area contributed by atoms with Crippen LogP contribution in [0.4, 0.5) is 5.95 Å². The monoisotopic (exact) mass is 426 g/mol. The zero-order chi connectivity index (χ0) is 22.4. The smallest absolute Gasteiger partial charge is 0.353 e. The highest BCUT2D eigenvalue weighted by atomic mass is 16.2. The molecular weight excluding hydrogens is 404 g/mol. The molecule has 1 aromatic carbocycles. The lowest BCUT2D eigenvalue weighted by Gasteiger charge is -2.13. The van der Waals surface area contributed by atoms with Crippen LogP contribution in [0.15, 0.2) is 59.8 Å². The van der Waals surface area contributed by atoms with Crippen LogP contribution in [0.25, 0.3) is 28.0 Å². The zero-order valence-corrected chi connectivity index (χ0v) is 18.0. The highest BCUT2D eigenvalue weighted by molar-refractivity contribution is 5.90. The van der Waals surface area contributed by atoms with Gasteiger partial charge in [-0.25, -0.2) is 23.8 Å². The maximum absolute atomic E-state index is 13.3. The second-order valence-electron chi connectivity index (χ2n) is 7.79. The molecule has 0 aliphatic heterocycles. The molecule has 32 heavy (non-hydrogen) atoms. The fourth-order valence-electron chi connectivity index (χ4n) is 3.95. The van der Waals surface area contributed by atoms with Gasteiger partial charge in [-0.15, -0.1) is 5.10 Å². The first-order valence-electron chi connectivity index (χ1n) is 10.2. The molecule has 5 rings (SSSR count). The Hall–Kier alpha value is -4.27. The quantitative estimate of drug-likeness (QED) is 0.473. The van der Waals surface area contributed by atoms with E-state index in [1.54, 1.807) is 12.5 Å². The summed E-state index contributed by atoms with van der Waals surface area (Å²) in [6.45, 7) is 4.15. The van der Waals surface area contributed by atoms with Crippen molar-refractivity contribution in [2.75, 3.05) is 5.73 Å². The first-order chi connectivity index (χ1) is 15.4. The molecule has 0 unspecified atom stereocenters. The summed E-state index contributed by atoms with van der Waals surface area (Å²) < 4.78 is 4.61. The van der Waals surface area contributed by atoms with Gasteiger partial charge in [0, 0.05) is 24.0 Å². The number of pyridine rings is 1. The molecule has 9 nitrogen and oxygen atoms in total. The predicted octanol–water partition coefficient (Wildman–Crippen LogP) is 2.60. The van der Waals surface area contributed by atoms with Crippen LogP contribution in [0.1, 0.15) is 17.1 Å². The number of benzene rings is 1. The number of nitrogen functional groups attached to an aromatic ring is 1. The van der Waals surface area contributed by atoms with Crippen LogP contribution >= 0.6 is 0 Å². The van der Waals surface area contributed by atoms with Crippen molar-refractivity contribution in [2.45, 2.75) is 20.4 Å². The first-order valence-corrected chi connectivity index (χ1v) is 10.2. The molecule has 0 atom stereocenters. The van der Waals surface area contributed by atoms with Gasteiger partial charge < -0.3 is 10.3 Å². The highest BCUT2D eigenvalue weighted by Gasteiger charge is 2.22. The average molecular weight is 426 g/mol. The number of aryl methyl sites for hydroxylation is 3. The van der Waals surface area contributed by atoms with Crippen LogP contribution in [-0.2, 0) is 13.6 Å². The van der Waals surface area contributed by atoms with Crippen molar-refractivity contribution in [1.82, 2.24) is 33.7 Å². The first kappa shape index (κ1) is 19.7. The van der Waals surface area contributed by atoms with Gasteiger partial charge in [0.25, 0.3) is 0 Å². The number of hydrogen-bond donors (Lipinski definition) is 1. The van der Waals surface area contributed by atoms with Gasteiger partial charge in [-0.1, -0.05) is 30.3 Å². The van der Waals surface area contributed by atoms with Crippen molar-refractivity contribution < 1.29 is 0 Å². The number of rotatable bonds is 4. The SMILES string of the molecule is Cc1cc(-c2c(-c3ccccc3)nc(N)n3c(=O)n(Cc4cncn4C)nc23)cc(C)n1. The van der Waals surface area contributed by atoms with Crippen molar-refractivity contribution >= 4 is 11.6 Å². The summed E-state index contributed by atoms with van der Waals surface area (Å²) in [6.07, 6.45) is 3.40. The summed E-state index contributed by atoms with van der Waals surface area (Å²) in [5.41, 5.74) is 12.1. The topological polar surface area (TPSA) is 109 Å². The number of nitrogens with zero attached hydrogens (tertiary/aromatic N) is 7. The van der Waals surface area contributed by atoms with Gasteiger partial charge in [0.2, 0.25) is 5.95 Å². The molecule has 4 heterocycles. The van der Waals surface area contributed by atoms with Crippen LogP contribution in [0.3, 0.4) is 0 Å². The lowest BCUT2D eigenvalue weighted by Crippen LogP contribution is -2.24. The molecule has 0 amide bonds. The van der Waals surface area contributed by atoms with E-state index in [1.807, 2.05) is 67.9 Å². The van der Waals surface area contributed by atoms with Crippen LogP contribution < -0.4 is 11.4 Å². The molecule has 0 saturated carbocycles. The van der Waals surface area contributed by atoms with E-state index in [2.05, 4.69) is 15.0 Å². The minimum Gasteiger partial charge on any atom is -0.369 e. The molecule has 4 aromatic heterocycles. The second kappa shape index (κ2) is 7.45. The third-order valence-electron chi connectivity index (χ3n) is 5.40. The van der Waals surface area contributed by atoms with Crippen LogP contribution in [-0.4, -0.2) is 33.7 Å². The second-order valence-corrected chi connectivity index (χ2v) is 7.79. The van der Waals surface area contributed by atoms with Crippen molar-refractivity contribution in [3.63, 3.8) is 0 Å². The summed E-state index contributed by atoms with van der Waals surface area (Å²) in [4.78, 5) is 26.5. The molecule has 0 aliphatic carbocycles. The lowest BCUT2D eigenvalue weighted by molar-refractivity contribution is 0.626. The molecule has 2 N–H and O–H groups in total. The van der Waals surface area contributed by atoms with E-state index in [0.717, 1.165) is 33.8 Å². The average Bonchev–Trinajstić information content (AvgIpc) is 3.31. The Morgan fingerprint density at radius 1 is 1.00 bits per heavy atom. The summed E-state index contributed by atoms with van der Waals surface area (Å²) >= 11 is 0. The van der Waals surface area contributed by atoms with Crippen molar-refractivity contribution in [2.24, 2.45) is 7.05 Å². The highest BCUT2D eigenvalue weighted by Crippen LogP contribution is 2.34. The molecule has 5 aromatic rings. The number of imidazole rings is 1. The van der Waals surface area contributed by atoms with E-state index in [4.69, 9.17) is 10.8 Å². The largest absolute Gasteiger partial charge is 0.369 e. The van der Waals surface area contributed by atoms with Gasteiger partial charge in [0.1, 0.15) is 0 Å². The van der Waals surface area contributed by atoms with Gasteiger partial charge in [-0.05, 0) is 31.5 Å². The number of hydrogen-bond acceptors (Lipinski definition) is 6. The number of fused-ring (bicyclic) bond motifs is 1. The Balaban J connectivity index is 1.84. The maximum atomic E-state index is 13.3. The third kappa shape index (κ3) is 3.24. The number of anilines is 1. The molecule has 0 saturated heterocycles. The Bertz CT molecular complexity index is 1490. The summed E-state index contributed by atoms with van der Waals surface area (Å²) in [5, 5.41) is 4.70. The van der Waals surface area contributed by atoms with Gasteiger partial charge >= 0.3 is 5.69 Å². The molecule has 0 fully saturated rings. The summed E-state index contributed by atoms with van der Waals surface area (Å²) in [5.74, 6) is 0.0892. The van der Waals surface area contributed by atoms with E-state index >= 15 is 0 Å². The van der Waals surface area contributed by atoms with E-state index in [1.165, 1.54) is 9.08 Å². The van der Waals surface area contributed by atoms with E-state index in [9.17, 15) is 4.79 Å². The van der Waals surface area contributed by atoms with Crippen molar-refractivity contribution in [3.8, 4) is 22.4 Å². The standard InChI is InChI=1S/C23H22N8O/c1-14-9-17(10-15(2)26-14)19-20(16-7-5-4-6-8-16)27-22(24)31-21(19)28-30(23(31)32)12-18-11-25-13-29(18)3/h4-11,13H,12H2,1-3H3,(H2,24,27). The summed E-state index contributed by atoms with van der Waals surface area (Å²) in [6, 6.07) is 13.7. The normalized spacial score (nSPS) is 11.3.